The Balaban J connectivity index is 0.00000676. The predicted octanol–water partition coefficient (Wildman–Crippen LogP) is 4.26. The van der Waals surface area contributed by atoms with E-state index in [1.807, 2.05) is 12.1 Å². The monoisotopic (exact) mass is 523 g/mol. The summed E-state index contributed by atoms with van der Waals surface area (Å²) in [6.45, 7) is 7.75. The van der Waals surface area contributed by atoms with E-state index in [1.54, 1.807) is 0 Å². The van der Waals surface area contributed by atoms with Crippen molar-refractivity contribution in [2.75, 3.05) is 19.6 Å². The molecule has 0 N–H and O–H groups in total. The van der Waals surface area contributed by atoms with Crippen LogP contribution in [0, 0.1) is 12.3 Å². The number of benzene rings is 1. The van der Waals surface area contributed by atoms with Crippen molar-refractivity contribution in [3.8, 4) is 12.3 Å². The summed E-state index contributed by atoms with van der Waals surface area (Å²) in [5.74, 6) is 3.01. The highest BCUT2D eigenvalue weighted by Gasteiger charge is 2.34. The molecule has 0 aromatic heterocycles. The van der Waals surface area contributed by atoms with Gasteiger partial charge in [-0.2, -0.15) is 0 Å². The smallest absolute Gasteiger partial charge is 0.144 e. The van der Waals surface area contributed by atoms with Crippen LogP contribution < -0.4 is 12.4 Å². The Labute approximate surface area is 192 Å². The molecule has 1 aromatic carbocycles. The largest absolute Gasteiger partial charge is 1.00 e. The fourth-order valence-corrected chi connectivity index (χ4v) is 5.02. The second kappa shape index (κ2) is 15.9. The van der Waals surface area contributed by atoms with Gasteiger partial charge in [0.2, 0.25) is 0 Å². The summed E-state index contributed by atoms with van der Waals surface area (Å²) in [4.78, 5) is 0. The number of terminal acetylenes is 1. The van der Waals surface area contributed by atoms with E-state index in [2.05, 4.69) is 54.5 Å². The first kappa shape index (κ1) is 27.0. The van der Waals surface area contributed by atoms with Crippen molar-refractivity contribution in [3.63, 3.8) is 0 Å². The summed E-state index contributed by atoms with van der Waals surface area (Å²) in [6, 6.07) is 8.25. The summed E-state index contributed by atoms with van der Waals surface area (Å²) in [5.41, 5.74) is 1.25. The number of rotatable bonds is 14. The first-order valence-corrected chi connectivity index (χ1v) is 11.9. The van der Waals surface area contributed by atoms with Crippen molar-refractivity contribution in [1.29, 1.82) is 0 Å². The van der Waals surface area contributed by atoms with Crippen LogP contribution in [0.3, 0.4) is 0 Å². The maximum absolute atomic E-state index is 6.44. The normalized spacial score (nSPS) is 12.3. The molecule has 0 saturated carbocycles. The second-order valence-electron chi connectivity index (χ2n) is 7.38. The number of nitrogens with zero attached hydrogens (tertiary/aromatic N) is 1. The molecule has 4 heteroatoms. The number of hydrogen-bond acceptors (Lipinski definition) is 0. The van der Waals surface area contributed by atoms with Gasteiger partial charge in [-0.3, -0.25) is 0 Å². The van der Waals surface area contributed by atoms with Gasteiger partial charge in [0, 0.05) is 11.4 Å². The molecule has 0 fully saturated rings. The molecular formula is C23H36Cl2IN. The van der Waals surface area contributed by atoms with Crippen molar-refractivity contribution >= 4 is 34.2 Å². The van der Waals surface area contributed by atoms with Crippen molar-refractivity contribution in [1.82, 2.24) is 0 Å². The zero-order valence-corrected chi connectivity index (χ0v) is 20.7. The number of alkyl halides is 1. The van der Waals surface area contributed by atoms with E-state index in [0.717, 1.165) is 22.5 Å². The van der Waals surface area contributed by atoms with Crippen LogP contribution >= 0.6 is 34.2 Å². The molecule has 27 heavy (non-hydrogen) atoms. The Hall–Kier alpha value is 0.0500. The van der Waals surface area contributed by atoms with Gasteiger partial charge in [-0.05, 0) is 65.8 Å². The maximum Gasteiger partial charge on any atom is 0.144 e. The van der Waals surface area contributed by atoms with Crippen LogP contribution in [-0.4, -0.2) is 28.2 Å². The molecule has 0 saturated heterocycles. The van der Waals surface area contributed by atoms with Crippen LogP contribution in [0.2, 0.25) is 5.02 Å². The Morgan fingerprint density at radius 1 is 1.00 bits per heavy atom. The summed E-state index contributed by atoms with van der Waals surface area (Å²) < 4.78 is 1.50. The Kier molecular flexibility index (Phi) is 15.9. The van der Waals surface area contributed by atoms with Gasteiger partial charge in [-0.15, -0.1) is 6.42 Å². The molecule has 0 spiro atoms. The third-order valence-electron chi connectivity index (χ3n) is 5.26. The lowest BCUT2D eigenvalue weighted by Gasteiger charge is -2.42. The van der Waals surface area contributed by atoms with Gasteiger partial charge in [-0.25, -0.2) is 0 Å². The molecule has 1 rings (SSSR count). The molecule has 1 unspecified atom stereocenters. The summed E-state index contributed by atoms with van der Waals surface area (Å²) in [5, 5.41) is 0.880. The summed E-state index contributed by atoms with van der Waals surface area (Å²) >= 11 is 9.08. The van der Waals surface area contributed by atoms with Crippen LogP contribution in [0.15, 0.2) is 24.3 Å². The number of halogens is 3. The fraction of sp³-hybridized carbons (Fsp3) is 0.652. The lowest BCUT2D eigenvalue weighted by molar-refractivity contribution is -0.927. The molecule has 0 amide bonds. The molecule has 0 aliphatic rings. The second-order valence-corrected chi connectivity index (χ2v) is 9.22. The molecule has 0 radical (unpaired) electrons. The Morgan fingerprint density at radius 2 is 1.56 bits per heavy atom. The van der Waals surface area contributed by atoms with Gasteiger partial charge in [-0.1, -0.05) is 69.3 Å². The fourth-order valence-electron chi connectivity index (χ4n) is 3.58. The molecule has 0 aliphatic carbocycles. The van der Waals surface area contributed by atoms with Crippen LogP contribution in [-0.2, 0) is 6.42 Å². The lowest BCUT2D eigenvalue weighted by atomic mass is 10.1. The van der Waals surface area contributed by atoms with E-state index in [0.29, 0.717) is 4.05 Å². The van der Waals surface area contributed by atoms with Crippen molar-refractivity contribution < 1.29 is 16.9 Å². The summed E-state index contributed by atoms with van der Waals surface area (Å²) in [6.07, 6.45) is 17.2. The maximum atomic E-state index is 6.44. The third kappa shape index (κ3) is 9.88. The van der Waals surface area contributed by atoms with Crippen molar-refractivity contribution in [2.24, 2.45) is 0 Å². The number of quaternary nitrogens is 1. The van der Waals surface area contributed by atoms with Crippen LogP contribution in [0.4, 0.5) is 0 Å². The molecule has 1 aromatic rings. The highest BCUT2D eigenvalue weighted by Crippen LogP contribution is 2.28. The molecule has 0 bridgehead atoms. The quantitative estimate of drug-likeness (QED) is 0.0853. The zero-order valence-electron chi connectivity index (χ0n) is 17.0. The van der Waals surface area contributed by atoms with E-state index < -0.39 is 0 Å². The van der Waals surface area contributed by atoms with Crippen molar-refractivity contribution in [3.05, 3.63) is 34.9 Å². The van der Waals surface area contributed by atoms with E-state index in [1.165, 1.54) is 70.0 Å². The highest BCUT2D eigenvalue weighted by molar-refractivity contribution is 14.1. The minimum Gasteiger partial charge on any atom is -1.00 e. The van der Waals surface area contributed by atoms with E-state index in [4.69, 9.17) is 18.0 Å². The van der Waals surface area contributed by atoms with E-state index in [9.17, 15) is 0 Å². The molecule has 1 atom stereocenters. The zero-order chi connectivity index (χ0) is 19.3. The van der Waals surface area contributed by atoms with Gasteiger partial charge in [0.05, 0.1) is 13.1 Å². The first-order valence-electron chi connectivity index (χ1n) is 10.3. The molecule has 154 valence electrons. The molecular weight excluding hydrogens is 488 g/mol. The predicted molar refractivity (Wildman–Crippen MR) is 125 cm³/mol. The number of hydrogen-bond donors (Lipinski definition) is 0. The van der Waals surface area contributed by atoms with Crippen molar-refractivity contribution in [2.45, 2.75) is 75.7 Å². The van der Waals surface area contributed by atoms with E-state index >= 15 is 0 Å². The van der Waals surface area contributed by atoms with Crippen LogP contribution in [0.5, 0.6) is 0 Å². The van der Waals surface area contributed by atoms with E-state index in [-0.39, 0.29) is 12.4 Å². The van der Waals surface area contributed by atoms with Crippen LogP contribution in [0.1, 0.15) is 70.8 Å². The molecule has 0 heterocycles. The first-order chi connectivity index (χ1) is 12.6. The minimum absolute atomic E-state index is 0. The third-order valence-corrected chi connectivity index (χ3v) is 7.25. The average Bonchev–Trinajstić information content (AvgIpc) is 2.64. The van der Waals surface area contributed by atoms with Gasteiger partial charge >= 0.3 is 0 Å². The SMILES string of the molecule is C#CC[N+](CCCCCC)(CCCCCC)C(I)Cc1ccccc1Cl.[Cl-]. The van der Waals surface area contributed by atoms with Gasteiger partial charge < -0.3 is 16.9 Å². The summed E-state index contributed by atoms with van der Waals surface area (Å²) in [7, 11) is 0. The molecule has 1 nitrogen and oxygen atoms in total. The lowest BCUT2D eigenvalue weighted by Crippen LogP contribution is -3.00. The molecule has 0 aliphatic heterocycles. The topological polar surface area (TPSA) is 0 Å². The average molecular weight is 524 g/mol. The van der Waals surface area contributed by atoms with Gasteiger partial charge in [0.25, 0.3) is 0 Å². The van der Waals surface area contributed by atoms with Crippen LogP contribution in [0.25, 0.3) is 0 Å². The Morgan fingerprint density at radius 3 is 2.04 bits per heavy atom. The van der Waals surface area contributed by atoms with Gasteiger partial charge in [0.15, 0.2) is 0 Å². The minimum atomic E-state index is 0. The Bertz CT molecular complexity index is 529. The number of unbranched alkanes of at least 4 members (excludes halogenated alkanes) is 6. The highest BCUT2D eigenvalue weighted by atomic mass is 127. The standard InChI is InChI=1S/C23H36ClIN.ClH/c1-4-7-9-13-18-26(17-6-3,19-14-10-8-5-2)23(25)20-21-15-11-12-16-22(21)24;/h3,11-12,15-16,23H,4-5,7-10,13-14,17-20H2,1-2H3;1H/q+1;/p-1. The van der Waals surface area contributed by atoms with Gasteiger partial charge in [0.1, 0.15) is 10.6 Å².